The molecular formula is C21H26N2O3. The summed E-state index contributed by atoms with van der Waals surface area (Å²) in [4.78, 5) is 24.0. The Morgan fingerprint density at radius 1 is 0.962 bits per heavy atom. The summed E-state index contributed by atoms with van der Waals surface area (Å²) in [6.07, 6.45) is -0.238. The van der Waals surface area contributed by atoms with Crippen molar-refractivity contribution in [3.05, 3.63) is 59.2 Å². The van der Waals surface area contributed by atoms with Gasteiger partial charge in [-0.2, -0.15) is 0 Å². The van der Waals surface area contributed by atoms with Crippen molar-refractivity contribution in [3.8, 4) is 0 Å². The predicted octanol–water partition coefficient (Wildman–Crippen LogP) is 4.83. The zero-order valence-electron chi connectivity index (χ0n) is 16.0. The normalized spacial score (nSPS) is 11.0. The highest BCUT2D eigenvalue weighted by molar-refractivity contribution is 5.93. The van der Waals surface area contributed by atoms with Crippen molar-refractivity contribution in [2.45, 2.75) is 46.6 Å². The standard InChI is InChI=1S/C21H26N2O3/c1-14-6-7-15(2)18(12-14)23-19(24)13-16-8-10-17(11-9-16)22-20(25)26-21(3,4)5/h6-12H,13H2,1-5H3,(H,22,25)(H,23,24). The zero-order valence-corrected chi connectivity index (χ0v) is 16.0. The second-order valence-corrected chi connectivity index (χ2v) is 7.37. The first kappa shape index (κ1) is 19.5. The minimum Gasteiger partial charge on any atom is -0.444 e. The van der Waals surface area contributed by atoms with Crippen molar-refractivity contribution in [2.75, 3.05) is 10.6 Å². The van der Waals surface area contributed by atoms with Crippen LogP contribution in [-0.2, 0) is 16.0 Å². The Balaban J connectivity index is 1.93. The minimum absolute atomic E-state index is 0.0773. The molecule has 26 heavy (non-hydrogen) atoms. The lowest BCUT2D eigenvalue weighted by Gasteiger charge is -2.19. The molecule has 0 atom stereocenters. The summed E-state index contributed by atoms with van der Waals surface area (Å²) in [5.41, 5.74) is 3.90. The van der Waals surface area contributed by atoms with Gasteiger partial charge in [-0.3, -0.25) is 10.1 Å². The highest BCUT2D eigenvalue weighted by Gasteiger charge is 2.16. The molecule has 0 heterocycles. The van der Waals surface area contributed by atoms with Crippen LogP contribution in [0.4, 0.5) is 16.2 Å². The molecule has 5 nitrogen and oxygen atoms in total. The monoisotopic (exact) mass is 354 g/mol. The summed E-state index contributed by atoms with van der Waals surface area (Å²) in [5.74, 6) is -0.0773. The van der Waals surface area contributed by atoms with Gasteiger partial charge in [-0.25, -0.2) is 4.79 Å². The largest absolute Gasteiger partial charge is 0.444 e. The van der Waals surface area contributed by atoms with E-state index in [4.69, 9.17) is 4.74 Å². The van der Waals surface area contributed by atoms with E-state index in [9.17, 15) is 9.59 Å². The first-order chi connectivity index (χ1) is 12.1. The van der Waals surface area contributed by atoms with Gasteiger partial charge in [0.25, 0.3) is 0 Å². The fourth-order valence-corrected chi connectivity index (χ4v) is 2.38. The summed E-state index contributed by atoms with van der Waals surface area (Å²) >= 11 is 0. The lowest BCUT2D eigenvalue weighted by Crippen LogP contribution is -2.27. The second kappa shape index (κ2) is 8.04. The van der Waals surface area contributed by atoms with Crippen LogP contribution in [0, 0.1) is 13.8 Å². The Hall–Kier alpha value is -2.82. The Labute approximate surface area is 154 Å². The molecule has 2 rings (SSSR count). The lowest BCUT2D eigenvalue weighted by atomic mass is 10.1. The van der Waals surface area contributed by atoms with E-state index >= 15 is 0 Å². The summed E-state index contributed by atoms with van der Waals surface area (Å²) in [6.45, 7) is 9.39. The highest BCUT2D eigenvalue weighted by atomic mass is 16.6. The van der Waals surface area contributed by atoms with Crippen molar-refractivity contribution >= 4 is 23.4 Å². The summed E-state index contributed by atoms with van der Waals surface area (Å²) in [7, 11) is 0. The molecule has 0 spiro atoms. The molecule has 0 aliphatic rings. The van der Waals surface area contributed by atoms with Crippen LogP contribution in [-0.4, -0.2) is 17.6 Å². The molecule has 0 aliphatic heterocycles. The number of carbonyl (C=O) groups excluding carboxylic acids is 2. The van der Waals surface area contributed by atoms with Crippen LogP contribution >= 0.6 is 0 Å². The van der Waals surface area contributed by atoms with E-state index in [1.165, 1.54) is 0 Å². The van der Waals surface area contributed by atoms with Crippen LogP contribution in [0.25, 0.3) is 0 Å². The van der Waals surface area contributed by atoms with E-state index in [0.29, 0.717) is 5.69 Å². The number of aryl methyl sites for hydroxylation is 2. The molecule has 0 saturated carbocycles. The van der Waals surface area contributed by atoms with Gasteiger partial charge < -0.3 is 10.1 Å². The van der Waals surface area contributed by atoms with E-state index in [2.05, 4.69) is 10.6 Å². The number of hydrogen-bond acceptors (Lipinski definition) is 3. The molecule has 0 aliphatic carbocycles. The third kappa shape index (κ3) is 6.24. The van der Waals surface area contributed by atoms with Crippen LogP contribution in [0.2, 0.25) is 0 Å². The SMILES string of the molecule is Cc1ccc(C)c(NC(=O)Cc2ccc(NC(=O)OC(C)(C)C)cc2)c1. The van der Waals surface area contributed by atoms with Crippen molar-refractivity contribution in [1.82, 2.24) is 0 Å². The van der Waals surface area contributed by atoms with Gasteiger partial charge >= 0.3 is 6.09 Å². The van der Waals surface area contributed by atoms with Crippen LogP contribution in [0.15, 0.2) is 42.5 Å². The number of hydrogen-bond donors (Lipinski definition) is 2. The van der Waals surface area contributed by atoms with E-state index in [1.807, 2.05) is 65.0 Å². The third-order valence-corrected chi connectivity index (χ3v) is 3.63. The van der Waals surface area contributed by atoms with E-state index in [1.54, 1.807) is 12.1 Å². The first-order valence-electron chi connectivity index (χ1n) is 8.58. The van der Waals surface area contributed by atoms with E-state index < -0.39 is 11.7 Å². The molecule has 0 bridgehead atoms. The van der Waals surface area contributed by atoms with Crippen molar-refractivity contribution < 1.29 is 14.3 Å². The maximum Gasteiger partial charge on any atom is 0.412 e. The molecule has 0 saturated heterocycles. The van der Waals surface area contributed by atoms with Crippen LogP contribution < -0.4 is 10.6 Å². The molecule has 0 unspecified atom stereocenters. The number of rotatable bonds is 4. The molecule has 0 fully saturated rings. The maximum atomic E-state index is 12.3. The molecular weight excluding hydrogens is 328 g/mol. The maximum absolute atomic E-state index is 12.3. The van der Waals surface area contributed by atoms with E-state index in [-0.39, 0.29) is 12.3 Å². The van der Waals surface area contributed by atoms with Crippen molar-refractivity contribution in [3.63, 3.8) is 0 Å². The fourth-order valence-electron chi connectivity index (χ4n) is 2.38. The van der Waals surface area contributed by atoms with Gasteiger partial charge in [0.2, 0.25) is 5.91 Å². The van der Waals surface area contributed by atoms with Gasteiger partial charge in [0.05, 0.1) is 6.42 Å². The summed E-state index contributed by atoms with van der Waals surface area (Å²) < 4.78 is 5.21. The molecule has 2 amide bonds. The first-order valence-corrected chi connectivity index (χ1v) is 8.58. The lowest BCUT2D eigenvalue weighted by molar-refractivity contribution is -0.115. The number of carbonyl (C=O) groups is 2. The van der Waals surface area contributed by atoms with E-state index in [0.717, 1.165) is 22.4 Å². The summed E-state index contributed by atoms with van der Waals surface area (Å²) in [5, 5.41) is 5.61. The van der Waals surface area contributed by atoms with Gasteiger partial charge in [-0.15, -0.1) is 0 Å². The number of amides is 2. The highest BCUT2D eigenvalue weighted by Crippen LogP contribution is 2.17. The van der Waals surface area contributed by atoms with Gasteiger partial charge in [-0.05, 0) is 69.5 Å². The van der Waals surface area contributed by atoms with Gasteiger partial charge in [-0.1, -0.05) is 24.3 Å². The second-order valence-electron chi connectivity index (χ2n) is 7.37. The van der Waals surface area contributed by atoms with Gasteiger partial charge in [0.1, 0.15) is 5.60 Å². The quantitative estimate of drug-likeness (QED) is 0.826. The average molecular weight is 354 g/mol. The average Bonchev–Trinajstić information content (AvgIpc) is 2.51. The topological polar surface area (TPSA) is 67.4 Å². The molecule has 2 aromatic rings. The molecule has 2 N–H and O–H groups in total. The van der Waals surface area contributed by atoms with Crippen LogP contribution in [0.3, 0.4) is 0 Å². The Morgan fingerprint density at radius 3 is 2.23 bits per heavy atom. The zero-order chi connectivity index (χ0) is 19.3. The van der Waals surface area contributed by atoms with Gasteiger partial charge in [0, 0.05) is 11.4 Å². The van der Waals surface area contributed by atoms with Gasteiger partial charge in [0.15, 0.2) is 0 Å². The predicted molar refractivity (Wildman–Crippen MR) is 105 cm³/mol. The Kier molecular flexibility index (Phi) is 6.03. The third-order valence-electron chi connectivity index (χ3n) is 3.63. The smallest absolute Gasteiger partial charge is 0.412 e. The summed E-state index contributed by atoms with van der Waals surface area (Å²) in [6, 6.07) is 13.1. The van der Waals surface area contributed by atoms with Crippen LogP contribution in [0.1, 0.15) is 37.5 Å². The molecule has 5 heteroatoms. The molecule has 0 aromatic heterocycles. The number of ether oxygens (including phenoxy) is 1. The fraction of sp³-hybridized carbons (Fsp3) is 0.333. The molecule has 0 radical (unpaired) electrons. The number of nitrogens with one attached hydrogen (secondary N) is 2. The molecule has 2 aromatic carbocycles. The number of benzene rings is 2. The van der Waals surface area contributed by atoms with Crippen molar-refractivity contribution in [2.24, 2.45) is 0 Å². The molecule has 138 valence electrons. The van der Waals surface area contributed by atoms with Crippen LogP contribution in [0.5, 0.6) is 0 Å². The van der Waals surface area contributed by atoms with Crippen molar-refractivity contribution in [1.29, 1.82) is 0 Å². The number of anilines is 2. The minimum atomic E-state index is -0.546. The Bertz CT molecular complexity index is 790. The Morgan fingerprint density at radius 2 is 1.62 bits per heavy atom.